The van der Waals surface area contributed by atoms with Crippen LogP contribution < -0.4 is 10.1 Å². The Morgan fingerprint density at radius 1 is 1.21 bits per heavy atom. The lowest BCUT2D eigenvalue weighted by Gasteiger charge is -2.10. The SMILES string of the molecule is COc1ccc(NCc2cccc(Cl)c2Cl)cc1F. The maximum absolute atomic E-state index is 13.5. The van der Waals surface area contributed by atoms with E-state index in [1.165, 1.54) is 13.2 Å². The van der Waals surface area contributed by atoms with Gasteiger partial charge < -0.3 is 10.1 Å². The van der Waals surface area contributed by atoms with Crippen molar-refractivity contribution in [1.82, 2.24) is 0 Å². The molecule has 0 heterocycles. The Bertz CT molecular complexity index is 590. The first-order valence-corrected chi connectivity index (χ1v) is 6.37. The van der Waals surface area contributed by atoms with Crippen LogP contribution in [0.4, 0.5) is 10.1 Å². The van der Waals surface area contributed by atoms with Crippen LogP contribution in [-0.4, -0.2) is 7.11 Å². The first-order chi connectivity index (χ1) is 9.11. The molecule has 0 aliphatic carbocycles. The van der Waals surface area contributed by atoms with Crippen molar-refractivity contribution in [3.05, 3.63) is 57.8 Å². The van der Waals surface area contributed by atoms with Gasteiger partial charge in [0.1, 0.15) is 0 Å². The number of methoxy groups -OCH3 is 1. The van der Waals surface area contributed by atoms with Crippen LogP contribution in [0.2, 0.25) is 10.0 Å². The number of hydrogen-bond acceptors (Lipinski definition) is 2. The Balaban J connectivity index is 2.10. The summed E-state index contributed by atoms with van der Waals surface area (Å²) in [5.74, 6) is -0.198. The van der Waals surface area contributed by atoms with Gasteiger partial charge in [-0.1, -0.05) is 35.3 Å². The number of benzene rings is 2. The van der Waals surface area contributed by atoms with E-state index in [0.717, 1.165) is 5.56 Å². The Hall–Kier alpha value is -1.45. The Labute approximate surface area is 121 Å². The normalized spacial score (nSPS) is 10.3. The highest BCUT2D eigenvalue weighted by atomic mass is 35.5. The van der Waals surface area contributed by atoms with E-state index in [1.54, 1.807) is 18.2 Å². The molecule has 2 nitrogen and oxygen atoms in total. The highest BCUT2D eigenvalue weighted by Gasteiger charge is 2.06. The van der Waals surface area contributed by atoms with Crippen LogP contribution >= 0.6 is 23.2 Å². The standard InChI is InChI=1S/C14H12Cl2FNO/c1-19-13-6-5-10(7-12(13)17)18-8-9-3-2-4-11(15)14(9)16/h2-7,18H,8H2,1H3. The number of ether oxygens (including phenoxy) is 1. The van der Waals surface area contributed by atoms with E-state index >= 15 is 0 Å². The van der Waals surface area contributed by atoms with Gasteiger partial charge in [0.05, 0.1) is 17.2 Å². The topological polar surface area (TPSA) is 21.3 Å². The second kappa shape index (κ2) is 6.13. The van der Waals surface area contributed by atoms with E-state index in [-0.39, 0.29) is 5.75 Å². The summed E-state index contributed by atoms with van der Waals surface area (Å²) in [6.45, 7) is 0.463. The van der Waals surface area contributed by atoms with E-state index in [9.17, 15) is 4.39 Å². The van der Waals surface area contributed by atoms with Gasteiger partial charge in [-0.25, -0.2) is 4.39 Å². The highest BCUT2D eigenvalue weighted by Crippen LogP contribution is 2.27. The molecule has 2 aromatic carbocycles. The smallest absolute Gasteiger partial charge is 0.167 e. The predicted octanol–water partition coefficient (Wildman–Crippen LogP) is 4.75. The van der Waals surface area contributed by atoms with Crippen molar-refractivity contribution in [2.45, 2.75) is 6.54 Å². The third-order valence-corrected chi connectivity index (χ3v) is 3.52. The van der Waals surface area contributed by atoms with Crippen molar-refractivity contribution in [2.24, 2.45) is 0 Å². The molecule has 0 bridgehead atoms. The highest BCUT2D eigenvalue weighted by molar-refractivity contribution is 6.42. The minimum absolute atomic E-state index is 0.214. The summed E-state index contributed by atoms with van der Waals surface area (Å²) in [5.41, 5.74) is 1.50. The quantitative estimate of drug-likeness (QED) is 0.879. The molecule has 19 heavy (non-hydrogen) atoms. The molecule has 0 aliphatic rings. The first kappa shape index (κ1) is 14.0. The van der Waals surface area contributed by atoms with E-state index in [4.69, 9.17) is 27.9 Å². The molecular formula is C14H12Cl2FNO. The van der Waals surface area contributed by atoms with E-state index in [0.29, 0.717) is 22.3 Å². The van der Waals surface area contributed by atoms with Gasteiger partial charge in [0.2, 0.25) is 0 Å². The molecule has 0 radical (unpaired) electrons. The van der Waals surface area contributed by atoms with Crippen molar-refractivity contribution < 1.29 is 9.13 Å². The van der Waals surface area contributed by atoms with Crippen LogP contribution in [-0.2, 0) is 6.54 Å². The fraction of sp³-hybridized carbons (Fsp3) is 0.143. The molecule has 1 N–H and O–H groups in total. The second-order valence-electron chi connectivity index (χ2n) is 3.92. The minimum Gasteiger partial charge on any atom is -0.494 e. The molecule has 5 heteroatoms. The van der Waals surface area contributed by atoms with Gasteiger partial charge in [-0.3, -0.25) is 0 Å². The maximum atomic E-state index is 13.5. The molecule has 0 unspecified atom stereocenters. The van der Waals surface area contributed by atoms with Crippen LogP contribution in [0, 0.1) is 5.82 Å². The molecule has 0 aliphatic heterocycles. The summed E-state index contributed by atoms with van der Waals surface area (Å²) in [5, 5.41) is 4.09. The molecule has 0 fully saturated rings. The third kappa shape index (κ3) is 3.31. The predicted molar refractivity (Wildman–Crippen MR) is 76.7 cm³/mol. The molecule has 2 aromatic rings. The van der Waals surface area contributed by atoms with E-state index in [1.807, 2.05) is 12.1 Å². The van der Waals surface area contributed by atoms with Crippen LogP contribution in [0.3, 0.4) is 0 Å². The summed E-state index contributed by atoms with van der Waals surface area (Å²) < 4.78 is 18.4. The molecule has 0 spiro atoms. The Kier molecular flexibility index (Phi) is 4.51. The number of nitrogens with one attached hydrogen (secondary N) is 1. The largest absolute Gasteiger partial charge is 0.494 e. The van der Waals surface area contributed by atoms with Gasteiger partial charge in [0, 0.05) is 18.3 Å². The monoisotopic (exact) mass is 299 g/mol. The van der Waals surface area contributed by atoms with Crippen molar-refractivity contribution in [1.29, 1.82) is 0 Å². The lowest BCUT2D eigenvalue weighted by atomic mass is 10.2. The van der Waals surface area contributed by atoms with Crippen molar-refractivity contribution in [2.75, 3.05) is 12.4 Å². The molecule has 0 saturated heterocycles. The zero-order chi connectivity index (χ0) is 13.8. The maximum Gasteiger partial charge on any atom is 0.167 e. The second-order valence-corrected chi connectivity index (χ2v) is 4.70. The summed E-state index contributed by atoms with van der Waals surface area (Å²) in [6, 6.07) is 10.1. The molecule has 2 rings (SSSR count). The number of halogens is 3. The molecule has 100 valence electrons. The van der Waals surface area contributed by atoms with E-state index in [2.05, 4.69) is 5.32 Å². The molecule has 0 saturated carbocycles. The molecular weight excluding hydrogens is 288 g/mol. The summed E-state index contributed by atoms with van der Waals surface area (Å²) in [4.78, 5) is 0. The van der Waals surface area contributed by atoms with Crippen molar-refractivity contribution in [3.63, 3.8) is 0 Å². The fourth-order valence-electron chi connectivity index (χ4n) is 1.66. The van der Waals surface area contributed by atoms with Crippen LogP contribution in [0.5, 0.6) is 5.75 Å². The number of anilines is 1. The van der Waals surface area contributed by atoms with Gasteiger partial charge in [-0.2, -0.15) is 0 Å². The lowest BCUT2D eigenvalue weighted by molar-refractivity contribution is 0.386. The minimum atomic E-state index is -0.412. The Morgan fingerprint density at radius 3 is 2.68 bits per heavy atom. The van der Waals surface area contributed by atoms with Gasteiger partial charge in [-0.05, 0) is 23.8 Å². The lowest BCUT2D eigenvalue weighted by Crippen LogP contribution is -2.01. The van der Waals surface area contributed by atoms with Crippen LogP contribution in [0.15, 0.2) is 36.4 Å². The van der Waals surface area contributed by atoms with E-state index < -0.39 is 5.82 Å². The molecule has 0 aromatic heterocycles. The Morgan fingerprint density at radius 2 is 2.00 bits per heavy atom. The summed E-state index contributed by atoms with van der Waals surface area (Å²) in [6.07, 6.45) is 0. The van der Waals surface area contributed by atoms with Crippen LogP contribution in [0.25, 0.3) is 0 Å². The van der Waals surface area contributed by atoms with Crippen LogP contribution in [0.1, 0.15) is 5.56 Å². The average molecular weight is 300 g/mol. The van der Waals surface area contributed by atoms with Gasteiger partial charge in [-0.15, -0.1) is 0 Å². The summed E-state index contributed by atoms with van der Waals surface area (Å²) >= 11 is 12.0. The third-order valence-electron chi connectivity index (χ3n) is 2.67. The van der Waals surface area contributed by atoms with Crippen molar-refractivity contribution in [3.8, 4) is 5.75 Å². The fourth-order valence-corrected chi connectivity index (χ4v) is 2.05. The zero-order valence-electron chi connectivity index (χ0n) is 10.2. The number of hydrogen-bond donors (Lipinski definition) is 1. The molecule has 0 amide bonds. The summed E-state index contributed by atoms with van der Waals surface area (Å²) in [7, 11) is 1.43. The van der Waals surface area contributed by atoms with Gasteiger partial charge >= 0.3 is 0 Å². The average Bonchev–Trinajstić information content (AvgIpc) is 2.40. The zero-order valence-corrected chi connectivity index (χ0v) is 11.7. The van der Waals surface area contributed by atoms with Crippen molar-refractivity contribution >= 4 is 28.9 Å². The number of rotatable bonds is 4. The van der Waals surface area contributed by atoms with Gasteiger partial charge in [0.15, 0.2) is 11.6 Å². The molecule has 0 atom stereocenters. The first-order valence-electron chi connectivity index (χ1n) is 5.62. The van der Waals surface area contributed by atoms with Gasteiger partial charge in [0.25, 0.3) is 0 Å².